The topological polar surface area (TPSA) is 67.2 Å². The lowest BCUT2D eigenvalue weighted by Gasteiger charge is -1.97. The van der Waals surface area contributed by atoms with E-state index in [0.29, 0.717) is 5.65 Å². The summed E-state index contributed by atoms with van der Waals surface area (Å²) in [5.41, 5.74) is 2.82. The van der Waals surface area contributed by atoms with Crippen molar-refractivity contribution in [1.82, 2.24) is 14.6 Å². The number of rotatable bonds is 3. The van der Waals surface area contributed by atoms with Gasteiger partial charge < -0.3 is 0 Å². The molecule has 0 amide bonds. The number of benzene rings is 1. The Hall–Kier alpha value is -2.70. The second-order valence-electron chi connectivity index (χ2n) is 5.16. The standard InChI is InChI=1S/C17H10ClN3O2S/c18-15(22)13-7-19-16-12(8-20-21(16)17(13)23)14-6-11(9-24-14)10-4-2-1-3-5-10/h1-9,20H. The molecule has 0 saturated carbocycles. The van der Waals surface area contributed by atoms with Crippen LogP contribution in [0.4, 0.5) is 0 Å². The first-order valence-corrected chi connectivity index (χ1v) is 8.34. The summed E-state index contributed by atoms with van der Waals surface area (Å²) >= 11 is 6.96. The largest absolute Gasteiger partial charge is 0.296 e. The number of H-pyrrole nitrogens is 1. The minimum absolute atomic E-state index is 0.154. The SMILES string of the molecule is O=C(Cl)c1cnc2c(-c3cc(-c4ccccc4)cs3)c[nH]n2c1=O. The number of fused-ring (bicyclic) bond motifs is 1. The number of nitrogens with one attached hydrogen (secondary N) is 1. The molecule has 0 saturated heterocycles. The summed E-state index contributed by atoms with van der Waals surface area (Å²) in [6, 6.07) is 12.1. The average Bonchev–Trinajstić information content (AvgIpc) is 3.22. The van der Waals surface area contributed by atoms with Crippen LogP contribution in [0.3, 0.4) is 0 Å². The fraction of sp³-hybridized carbons (Fsp3) is 0. The summed E-state index contributed by atoms with van der Waals surface area (Å²) < 4.78 is 1.23. The smallest absolute Gasteiger partial charge is 0.284 e. The van der Waals surface area contributed by atoms with Gasteiger partial charge in [-0.15, -0.1) is 11.3 Å². The van der Waals surface area contributed by atoms with Gasteiger partial charge in [0.15, 0.2) is 5.65 Å². The molecule has 0 aliphatic carbocycles. The zero-order chi connectivity index (χ0) is 16.7. The zero-order valence-electron chi connectivity index (χ0n) is 12.2. The molecule has 1 N–H and O–H groups in total. The maximum atomic E-state index is 12.2. The Balaban J connectivity index is 1.84. The van der Waals surface area contributed by atoms with Crippen LogP contribution in [0.15, 0.2) is 59.0 Å². The predicted molar refractivity (Wildman–Crippen MR) is 94.7 cm³/mol. The third-order valence-corrected chi connectivity index (χ3v) is 4.89. The van der Waals surface area contributed by atoms with Crippen LogP contribution >= 0.6 is 22.9 Å². The first-order valence-electron chi connectivity index (χ1n) is 7.08. The van der Waals surface area contributed by atoms with Crippen LogP contribution in [0, 0.1) is 0 Å². The van der Waals surface area contributed by atoms with Gasteiger partial charge in [0.25, 0.3) is 10.8 Å². The second kappa shape index (κ2) is 5.74. The van der Waals surface area contributed by atoms with E-state index in [-0.39, 0.29) is 5.56 Å². The van der Waals surface area contributed by atoms with E-state index in [1.807, 2.05) is 30.3 Å². The molecule has 3 aromatic heterocycles. The van der Waals surface area contributed by atoms with E-state index in [1.165, 1.54) is 10.7 Å². The molecule has 7 heteroatoms. The van der Waals surface area contributed by atoms with Gasteiger partial charge in [-0.3, -0.25) is 14.7 Å². The summed E-state index contributed by atoms with van der Waals surface area (Å²) in [7, 11) is 0. The molecule has 0 aliphatic heterocycles. The third-order valence-electron chi connectivity index (χ3n) is 3.72. The number of carbonyl (C=O) groups is 1. The van der Waals surface area contributed by atoms with Crippen LogP contribution in [0.25, 0.3) is 27.2 Å². The lowest BCUT2D eigenvalue weighted by molar-refractivity contribution is 0.107. The normalized spacial score (nSPS) is 11.0. The summed E-state index contributed by atoms with van der Waals surface area (Å²) in [5.74, 6) is 0. The van der Waals surface area contributed by atoms with Gasteiger partial charge in [-0.1, -0.05) is 30.3 Å². The summed E-state index contributed by atoms with van der Waals surface area (Å²) in [4.78, 5) is 28.7. The first-order chi connectivity index (χ1) is 11.6. The fourth-order valence-electron chi connectivity index (χ4n) is 2.53. The Kier molecular flexibility index (Phi) is 3.55. The van der Waals surface area contributed by atoms with Crippen LogP contribution in [0.2, 0.25) is 0 Å². The van der Waals surface area contributed by atoms with Gasteiger partial charge in [0.1, 0.15) is 5.56 Å². The van der Waals surface area contributed by atoms with Gasteiger partial charge in [-0.2, -0.15) is 0 Å². The highest BCUT2D eigenvalue weighted by Gasteiger charge is 2.16. The number of aromatic nitrogens is 3. The minimum atomic E-state index is -0.819. The molecule has 4 rings (SSSR count). The van der Waals surface area contributed by atoms with Crippen LogP contribution in [-0.2, 0) is 0 Å². The van der Waals surface area contributed by atoms with Crippen LogP contribution < -0.4 is 5.56 Å². The Morgan fingerprint density at radius 2 is 2.00 bits per heavy atom. The monoisotopic (exact) mass is 355 g/mol. The number of nitrogens with zero attached hydrogens (tertiary/aromatic N) is 2. The number of carbonyl (C=O) groups excluding carboxylic acids is 1. The lowest BCUT2D eigenvalue weighted by atomic mass is 10.1. The third kappa shape index (κ3) is 2.36. The van der Waals surface area contributed by atoms with E-state index in [0.717, 1.165) is 21.6 Å². The van der Waals surface area contributed by atoms with Gasteiger partial charge in [0, 0.05) is 17.3 Å². The quantitative estimate of drug-likeness (QED) is 0.568. The van der Waals surface area contributed by atoms with E-state index in [4.69, 9.17) is 11.6 Å². The van der Waals surface area contributed by atoms with E-state index in [2.05, 4.69) is 21.5 Å². The summed E-state index contributed by atoms with van der Waals surface area (Å²) in [6.45, 7) is 0. The van der Waals surface area contributed by atoms with Crippen molar-refractivity contribution in [2.24, 2.45) is 0 Å². The van der Waals surface area contributed by atoms with Crippen molar-refractivity contribution >= 4 is 33.8 Å². The fourth-order valence-corrected chi connectivity index (χ4v) is 3.59. The van der Waals surface area contributed by atoms with Crippen LogP contribution in [0.1, 0.15) is 10.4 Å². The molecule has 0 aliphatic rings. The Morgan fingerprint density at radius 3 is 2.75 bits per heavy atom. The number of aromatic amines is 1. The lowest BCUT2D eigenvalue weighted by Crippen LogP contribution is -2.21. The molecule has 5 nitrogen and oxygen atoms in total. The number of halogens is 1. The van der Waals surface area contributed by atoms with Crippen molar-refractivity contribution in [2.75, 3.05) is 0 Å². The van der Waals surface area contributed by atoms with Crippen molar-refractivity contribution in [1.29, 1.82) is 0 Å². The van der Waals surface area contributed by atoms with Crippen molar-refractivity contribution in [3.8, 4) is 21.6 Å². The molecule has 0 atom stereocenters. The molecule has 0 bridgehead atoms. The molecular weight excluding hydrogens is 346 g/mol. The molecule has 1 aromatic carbocycles. The van der Waals surface area contributed by atoms with Crippen LogP contribution in [-0.4, -0.2) is 19.8 Å². The maximum absolute atomic E-state index is 12.2. The molecular formula is C17H10ClN3O2S. The van der Waals surface area contributed by atoms with Crippen molar-refractivity contribution in [3.63, 3.8) is 0 Å². The van der Waals surface area contributed by atoms with Gasteiger partial charge in [0.05, 0.1) is 5.56 Å². The first kappa shape index (κ1) is 14.9. The van der Waals surface area contributed by atoms with E-state index < -0.39 is 10.8 Å². The van der Waals surface area contributed by atoms with E-state index >= 15 is 0 Å². The molecule has 4 aromatic rings. The average molecular weight is 356 g/mol. The number of hydrogen-bond acceptors (Lipinski definition) is 4. The van der Waals surface area contributed by atoms with Gasteiger partial charge in [-0.25, -0.2) is 9.50 Å². The molecule has 118 valence electrons. The molecule has 0 radical (unpaired) electrons. The molecule has 0 fully saturated rings. The van der Waals surface area contributed by atoms with Gasteiger partial charge in [-0.05, 0) is 34.2 Å². The maximum Gasteiger partial charge on any atom is 0.284 e. The summed E-state index contributed by atoms with van der Waals surface area (Å²) in [5, 5.41) is 4.08. The minimum Gasteiger partial charge on any atom is -0.296 e. The van der Waals surface area contributed by atoms with Crippen molar-refractivity contribution < 1.29 is 4.79 Å². The van der Waals surface area contributed by atoms with E-state index in [9.17, 15) is 9.59 Å². The van der Waals surface area contributed by atoms with Crippen LogP contribution in [0.5, 0.6) is 0 Å². The molecule has 3 heterocycles. The second-order valence-corrected chi connectivity index (χ2v) is 6.42. The predicted octanol–water partition coefficient (Wildman–Crippen LogP) is 3.80. The number of hydrogen-bond donors (Lipinski definition) is 1. The molecule has 24 heavy (non-hydrogen) atoms. The van der Waals surface area contributed by atoms with Gasteiger partial charge >= 0.3 is 0 Å². The highest BCUT2D eigenvalue weighted by molar-refractivity contribution is 7.14. The summed E-state index contributed by atoms with van der Waals surface area (Å²) in [6.07, 6.45) is 2.92. The molecule has 0 spiro atoms. The zero-order valence-corrected chi connectivity index (χ0v) is 13.8. The van der Waals surface area contributed by atoms with Gasteiger partial charge in [0.2, 0.25) is 0 Å². The Morgan fingerprint density at radius 1 is 1.21 bits per heavy atom. The Labute approximate surface area is 145 Å². The highest BCUT2D eigenvalue weighted by atomic mass is 35.5. The Bertz CT molecular complexity index is 1110. The number of thiophene rings is 1. The highest BCUT2D eigenvalue weighted by Crippen LogP contribution is 2.33. The van der Waals surface area contributed by atoms with Crippen molar-refractivity contribution in [3.05, 3.63) is 70.1 Å². The van der Waals surface area contributed by atoms with Crippen molar-refractivity contribution in [2.45, 2.75) is 0 Å². The van der Waals surface area contributed by atoms with E-state index in [1.54, 1.807) is 17.5 Å². The molecule has 0 unspecified atom stereocenters.